The molecule has 0 radical (unpaired) electrons. The highest BCUT2D eigenvalue weighted by atomic mass is 35.5. The molecular weight excluding hydrogens is 299 g/mol. The van der Waals surface area contributed by atoms with Crippen LogP contribution in [0.1, 0.15) is 34.1 Å². The van der Waals surface area contributed by atoms with Gasteiger partial charge in [-0.05, 0) is 34.1 Å². The number of ether oxygens (including phenoxy) is 1. The fourth-order valence-electron chi connectivity index (χ4n) is 2.79. The quantitative estimate of drug-likeness (QED) is 0.807. The molecule has 0 unspecified atom stereocenters. The molecule has 2 rings (SSSR count). The molecule has 1 aliphatic heterocycles. The van der Waals surface area contributed by atoms with Gasteiger partial charge in [-0.3, -0.25) is 9.69 Å². The molecule has 0 spiro atoms. The molecule has 116 valence electrons. The summed E-state index contributed by atoms with van der Waals surface area (Å²) in [6.45, 7) is 10.5. The summed E-state index contributed by atoms with van der Waals surface area (Å²) in [6, 6.07) is 0.273. The van der Waals surface area contributed by atoms with Crippen LogP contribution in [0.4, 0.5) is 0 Å². The molecule has 1 N–H and O–H groups in total. The number of morpholine rings is 1. The zero-order valence-electron chi connectivity index (χ0n) is 12.6. The Balaban J connectivity index is 1.81. The molecule has 2 aliphatic rings. The maximum atomic E-state index is 12.1. The van der Waals surface area contributed by atoms with Crippen LogP contribution in [0.25, 0.3) is 0 Å². The number of amides is 1. The number of carbonyl (C=O) groups excluding carboxylic acids is 1. The van der Waals surface area contributed by atoms with Crippen molar-refractivity contribution in [3.8, 4) is 0 Å². The lowest BCUT2D eigenvalue weighted by atomic mass is 10.1. The number of rotatable bonds is 4. The minimum Gasteiger partial charge on any atom is -0.373 e. The Bertz CT molecular complexity index is 381. The third kappa shape index (κ3) is 3.24. The van der Waals surface area contributed by atoms with E-state index in [1.165, 1.54) is 0 Å². The van der Waals surface area contributed by atoms with Gasteiger partial charge in [0.05, 0.1) is 17.6 Å². The Morgan fingerprint density at radius 1 is 1.40 bits per heavy atom. The Kier molecular flexibility index (Phi) is 4.60. The zero-order chi connectivity index (χ0) is 15.1. The van der Waals surface area contributed by atoms with E-state index in [2.05, 4.69) is 31.0 Å². The molecule has 20 heavy (non-hydrogen) atoms. The minimum atomic E-state index is -0.900. The minimum absolute atomic E-state index is 0.0521. The van der Waals surface area contributed by atoms with Crippen molar-refractivity contribution in [2.75, 3.05) is 19.6 Å². The summed E-state index contributed by atoms with van der Waals surface area (Å²) in [5.74, 6) is -0.0521. The third-order valence-electron chi connectivity index (χ3n) is 4.39. The van der Waals surface area contributed by atoms with Crippen molar-refractivity contribution in [1.82, 2.24) is 10.2 Å². The van der Waals surface area contributed by atoms with Gasteiger partial charge < -0.3 is 10.1 Å². The predicted octanol–water partition coefficient (Wildman–Crippen LogP) is 2.18. The summed E-state index contributed by atoms with van der Waals surface area (Å²) < 4.78 is 4.82. The van der Waals surface area contributed by atoms with Crippen LogP contribution in [0.5, 0.6) is 0 Å². The zero-order valence-corrected chi connectivity index (χ0v) is 14.1. The average Bonchev–Trinajstić information content (AvgIpc) is 2.85. The van der Waals surface area contributed by atoms with Crippen molar-refractivity contribution in [2.45, 2.75) is 56.7 Å². The molecular formula is C14H24Cl2N2O2. The topological polar surface area (TPSA) is 41.6 Å². The molecule has 1 amide bonds. The second-order valence-electron chi connectivity index (χ2n) is 6.48. The summed E-state index contributed by atoms with van der Waals surface area (Å²) in [6.07, 6.45) is 0.988. The summed E-state index contributed by atoms with van der Waals surface area (Å²) in [5, 5.41) is 2.98. The first-order valence-electron chi connectivity index (χ1n) is 7.21. The van der Waals surface area contributed by atoms with Crippen LogP contribution in [0.3, 0.4) is 0 Å². The first kappa shape index (κ1) is 16.3. The molecule has 1 aliphatic carbocycles. The molecule has 4 atom stereocenters. The lowest BCUT2D eigenvalue weighted by Crippen LogP contribution is -2.52. The molecule has 0 aromatic heterocycles. The van der Waals surface area contributed by atoms with Crippen LogP contribution in [-0.4, -0.2) is 53.0 Å². The lowest BCUT2D eigenvalue weighted by Gasteiger charge is -2.39. The summed E-state index contributed by atoms with van der Waals surface area (Å²) in [7, 11) is 0. The van der Waals surface area contributed by atoms with Gasteiger partial charge in [-0.15, -0.1) is 23.2 Å². The molecule has 0 bridgehead atoms. The fourth-order valence-corrected chi connectivity index (χ4v) is 3.49. The number of carbonyl (C=O) groups is 1. The van der Waals surface area contributed by atoms with Crippen molar-refractivity contribution in [2.24, 2.45) is 5.41 Å². The molecule has 1 heterocycles. The van der Waals surface area contributed by atoms with E-state index in [-0.39, 0.29) is 24.2 Å². The van der Waals surface area contributed by atoms with Crippen LogP contribution >= 0.6 is 23.2 Å². The number of nitrogens with zero attached hydrogens (tertiary/aromatic N) is 1. The van der Waals surface area contributed by atoms with Crippen molar-refractivity contribution in [3.63, 3.8) is 0 Å². The fraction of sp³-hybridized carbons (Fsp3) is 0.929. The SMILES string of the molecule is C[C@@H]1CN([C@H](C)CNC(=O)[C@@]2(C)CC2(Cl)Cl)C[C@@H](C)O1. The maximum absolute atomic E-state index is 12.1. The second kappa shape index (κ2) is 5.64. The molecule has 4 nitrogen and oxygen atoms in total. The van der Waals surface area contributed by atoms with Crippen LogP contribution in [-0.2, 0) is 9.53 Å². The van der Waals surface area contributed by atoms with Gasteiger partial charge in [-0.1, -0.05) is 0 Å². The van der Waals surface area contributed by atoms with E-state index in [1.54, 1.807) is 0 Å². The summed E-state index contributed by atoms with van der Waals surface area (Å²) in [4.78, 5) is 14.5. The van der Waals surface area contributed by atoms with E-state index in [0.29, 0.717) is 13.0 Å². The molecule has 0 aromatic rings. The summed E-state index contributed by atoms with van der Waals surface area (Å²) in [5.41, 5.74) is -0.637. The van der Waals surface area contributed by atoms with E-state index in [4.69, 9.17) is 27.9 Å². The summed E-state index contributed by atoms with van der Waals surface area (Å²) >= 11 is 12.0. The molecule has 1 saturated carbocycles. The average molecular weight is 323 g/mol. The second-order valence-corrected chi connectivity index (χ2v) is 7.97. The van der Waals surface area contributed by atoms with E-state index >= 15 is 0 Å². The Labute approximate surface area is 131 Å². The van der Waals surface area contributed by atoms with Gasteiger partial charge in [0.25, 0.3) is 0 Å². The smallest absolute Gasteiger partial charge is 0.229 e. The first-order chi connectivity index (χ1) is 9.15. The van der Waals surface area contributed by atoms with Crippen LogP contribution in [0, 0.1) is 5.41 Å². The third-order valence-corrected chi connectivity index (χ3v) is 5.49. The van der Waals surface area contributed by atoms with Crippen molar-refractivity contribution >= 4 is 29.1 Å². The van der Waals surface area contributed by atoms with E-state index in [0.717, 1.165) is 13.1 Å². The largest absolute Gasteiger partial charge is 0.373 e. The van der Waals surface area contributed by atoms with Gasteiger partial charge in [-0.25, -0.2) is 0 Å². The van der Waals surface area contributed by atoms with E-state index in [1.807, 2.05) is 6.92 Å². The van der Waals surface area contributed by atoms with E-state index < -0.39 is 9.75 Å². The standard InChI is InChI=1S/C14H24Cl2N2O2/c1-9(18-6-10(2)20-11(3)7-18)5-17-12(19)13(4)8-14(13,15)16/h9-11H,5-8H2,1-4H3,(H,17,19)/t9-,10-,11-,13-/m1/s1. The van der Waals surface area contributed by atoms with Gasteiger partial charge in [0.1, 0.15) is 4.33 Å². The van der Waals surface area contributed by atoms with Crippen molar-refractivity contribution in [3.05, 3.63) is 0 Å². The van der Waals surface area contributed by atoms with Gasteiger partial charge in [0, 0.05) is 25.7 Å². The maximum Gasteiger partial charge on any atom is 0.229 e. The molecule has 1 saturated heterocycles. The molecule has 6 heteroatoms. The number of nitrogens with one attached hydrogen (secondary N) is 1. The number of alkyl halides is 2. The Hall–Kier alpha value is -0.0300. The number of hydrogen-bond donors (Lipinski definition) is 1. The van der Waals surface area contributed by atoms with Crippen LogP contribution in [0.15, 0.2) is 0 Å². The van der Waals surface area contributed by atoms with Crippen molar-refractivity contribution < 1.29 is 9.53 Å². The molecule has 0 aromatic carbocycles. The normalized spacial score (nSPS) is 38.3. The predicted molar refractivity (Wildman–Crippen MR) is 81.2 cm³/mol. The van der Waals surface area contributed by atoms with Crippen LogP contribution < -0.4 is 5.32 Å². The van der Waals surface area contributed by atoms with Gasteiger partial charge >= 0.3 is 0 Å². The molecule has 2 fully saturated rings. The highest BCUT2D eigenvalue weighted by molar-refractivity contribution is 6.53. The lowest BCUT2D eigenvalue weighted by molar-refractivity contribution is -0.126. The van der Waals surface area contributed by atoms with Crippen molar-refractivity contribution in [1.29, 1.82) is 0 Å². The van der Waals surface area contributed by atoms with E-state index in [9.17, 15) is 4.79 Å². The first-order valence-corrected chi connectivity index (χ1v) is 7.97. The highest BCUT2D eigenvalue weighted by Gasteiger charge is 2.67. The number of halogens is 2. The highest BCUT2D eigenvalue weighted by Crippen LogP contribution is 2.63. The van der Waals surface area contributed by atoms with Gasteiger partial charge in [0.15, 0.2) is 0 Å². The Morgan fingerprint density at radius 3 is 2.35 bits per heavy atom. The number of hydrogen-bond acceptors (Lipinski definition) is 3. The van der Waals surface area contributed by atoms with Gasteiger partial charge in [-0.2, -0.15) is 0 Å². The van der Waals surface area contributed by atoms with Crippen LogP contribution in [0.2, 0.25) is 0 Å². The Morgan fingerprint density at radius 2 is 1.90 bits per heavy atom. The van der Waals surface area contributed by atoms with Gasteiger partial charge in [0.2, 0.25) is 5.91 Å². The monoisotopic (exact) mass is 322 g/mol.